The van der Waals surface area contributed by atoms with Gasteiger partial charge >= 0.3 is 0 Å². The van der Waals surface area contributed by atoms with Gasteiger partial charge in [0.1, 0.15) is 36.4 Å². The van der Waals surface area contributed by atoms with Gasteiger partial charge < -0.3 is 15.3 Å². The molecule has 0 aliphatic heterocycles. The van der Waals surface area contributed by atoms with Gasteiger partial charge in [-0.2, -0.15) is 0 Å². The summed E-state index contributed by atoms with van der Waals surface area (Å²) in [5, 5.41) is 3.53. The van der Waals surface area contributed by atoms with Gasteiger partial charge in [0.05, 0.1) is 11.2 Å². The normalized spacial score (nSPS) is 10.8. The van der Waals surface area contributed by atoms with Crippen LogP contribution in [-0.4, -0.2) is 23.3 Å². The summed E-state index contributed by atoms with van der Waals surface area (Å²) in [6.45, 7) is 0. The van der Waals surface area contributed by atoms with Crippen molar-refractivity contribution in [2.24, 2.45) is 5.16 Å². The molecule has 1 heterocycles. The fourth-order valence-corrected chi connectivity index (χ4v) is 1.52. The Bertz CT molecular complexity index is 651. The summed E-state index contributed by atoms with van der Waals surface area (Å²) in [6, 6.07) is 3.92. The van der Waals surface area contributed by atoms with Gasteiger partial charge in [0.2, 0.25) is 5.88 Å². The Morgan fingerprint density at radius 3 is 2.90 bits per heavy atom. The first-order valence-electron chi connectivity index (χ1n) is 5.41. The fraction of sp³-hybridized carbons (Fsp3) is 0.0833. The highest BCUT2D eigenvalue weighted by molar-refractivity contribution is 6.30. The van der Waals surface area contributed by atoms with Crippen LogP contribution in [0.2, 0.25) is 5.02 Å². The van der Waals surface area contributed by atoms with Crippen molar-refractivity contribution < 1.29 is 14.0 Å². The van der Waals surface area contributed by atoms with E-state index >= 15 is 0 Å². The highest BCUT2D eigenvalue weighted by Crippen LogP contribution is 2.27. The summed E-state index contributed by atoms with van der Waals surface area (Å²) in [7, 11) is 1.39. The number of oxime groups is 1. The summed E-state index contributed by atoms with van der Waals surface area (Å²) in [4.78, 5) is 12.3. The molecule has 0 unspecified atom stereocenters. The Morgan fingerprint density at radius 2 is 2.20 bits per heavy atom. The molecule has 2 N–H and O–H groups in total. The number of anilines is 1. The number of aromatic nitrogens is 2. The third kappa shape index (κ3) is 3.12. The number of nitrogens with zero attached hydrogens (tertiary/aromatic N) is 3. The van der Waals surface area contributed by atoms with Crippen LogP contribution < -0.4 is 10.5 Å². The van der Waals surface area contributed by atoms with Crippen LogP contribution in [0.15, 0.2) is 29.7 Å². The molecule has 0 amide bonds. The lowest BCUT2D eigenvalue weighted by atomic mass is 10.3. The minimum Gasteiger partial charge on any atom is -0.438 e. The van der Waals surface area contributed by atoms with Gasteiger partial charge in [0.25, 0.3) is 0 Å². The van der Waals surface area contributed by atoms with Crippen LogP contribution in [0.25, 0.3) is 0 Å². The highest BCUT2D eigenvalue weighted by Gasteiger charge is 2.11. The summed E-state index contributed by atoms with van der Waals surface area (Å²) in [5.41, 5.74) is 6.05. The zero-order valence-corrected chi connectivity index (χ0v) is 11.1. The standard InChI is InChI=1S/C12H10ClFN4O2/c1-19-18-5-8-11(15)16-6-17-12(8)20-7-2-3-10(14)9(13)4-7/h2-6H,1H3,(H2,15,16,17). The molecule has 0 fully saturated rings. The van der Waals surface area contributed by atoms with Gasteiger partial charge in [-0.25, -0.2) is 14.4 Å². The second kappa shape index (κ2) is 6.16. The third-order valence-electron chi connectivity index (χ3n) is 2.27. The SMILES string of the molecule is CON=Cc1c(N)ncnc1Oc1ccc(F)c(Cl)c1. The van der Waals surface area contributed by atoms with Gasteiger partial charge in [-0.05, 0) is 12.1 Å². The molecular weight excluding hydrogens is 287 g/mol. The van der Waals surface area contributed by atoms with E-state index in [0.29, 0.717) is 11.3 Å². The molecule has 0 atom stereocenters. The quantitative estimate of drug-likeness (QED) is 0.692. The van der Waals surface area contributed by atoms with Crippen LogP contribution in [0.4, 0.5) is 10.2 Å². The average molecular weight is 297 g/mol. The summed E-state index contributed by atoms with van der Waals surface area (Å²) >= 11 is 5.68. The number of nitrogens with two attached hydrogens (primary N) is 1. The molecule has 0 saturated carbocycles. The Morgan fingerprint density at radius 1 is 1.40 bits per heavy atom. The van der Waals surface area contributed by atoms with E-state index in [4.69, 9.17) is 22.1 Å². The number of ether oxygens (including phenoxy) is 1. The van der Waals surface area contributed by atoms with Crippen LogP contribution in [0.3, 0.4) is 0 Å². The fourth-order valence-electron chi connectivity index (χ4n) is 1.35. The van der Waals surface area contributed by atoms with Crippen molar-refractivity contribution >= 4 is 23.6 Å². The second-order valence-corrected chi connectivity index (χ2v) is 3.98. The summed E-state index contributed by atoms with van der Waals surface area (Å²) in [6.07, 6.45) is 2.55. The minimum absolute atomic E-state index is 0.0587. The number of halogens is 2. The van der Waals surface area contributed by atoms with Crippen molar-refractivity contribution in [3.05, 3.63) is 40.9 Å². The van der Waals surface area contributed by atoms with E-state index < -0.39 is 5.82 Å². The lowest BCUT2D eigenvalue weighted by molar-refractivity contribution is 0.215. The molecule has 1 aromatic heterocycles. The van der Waals surface area contributed by atoms with Crippen molar-refractivity contribution in [1.29, 1.82) is 0 Å². The first-order chi connectivity index (χ1) is 9.61. The summed E-state index contributed by atoms with van der Waals surface area (Å²) in [5.74, 6) is 0.0916. The van der Waals surface area contributed by atoms with Gasteiger partial charge in [-0.1, -0.05) is 16.8 Å². The van der Waals surface area contributed by atoms with E-state index in [9.17, 15) is 4.39 Å². The van der Waals surface area contributed by atoms with Gasteiger partial charge in [-0.3, -0.25) is 0 Å². The molecule has 0 aliphatic rings. The minimum atomic E-state index is -0.539. The number of hydrogen-bond donors (Lipinski definition) is 1. The smallest absolute Gasteiger partial charge is 0.233 e. The molecule has 0 aliphatic carbocycles. The molecule has 104 valence electrons. The highest BCUT2D eigenvalue weighted by atomic mass is 35.5. The van der Waals surface area contributed by atoms with Crippen molar-refractivity contribution in [2.75, 3.05) is 12.8 Å². The molecule has 6 nitrogen and oxygen atoms in total. The Kier molecular flexibility index (Phi) is 4.31. The Balaban J connectivity index is 2.35. The average Bonchev–Trinajstić information content (AvgIpc) is 2.42. The molecule has 0 spiro atoms. The van der Waals surface area contributed by atoms with Crippen molar-refractivity contribution in [2.45, 2.75) is 0 Å². The van der Waals surface area contributed by atoms with E-state index in [2.05, 4.69) is 20.0 Å². The van der Waals surface area contributed by atoms with Crippen LogP contribution in [0, 0.1) is 5.82 Å². The van der Waals surface area contributed by atoms with E-state index in [1.807, 2.05) is 0 Å². The monoisotopic (exact) mass is 296 g/mol. The third-order valence-corrected chi connectivity index (χ3v) is 2.56. The Hall–Kier alpha value is -2.41. The van der Waals surface area contributed by atoms with Crippen LogP contribution in [0.5, 0.6) is 11.6 Å². The van der Waals surface area contributed by atoms with E-state index in [1.165, 1.54) is 37.9 Å². The van der Waals surface area contributed by atoms with Crippen LogP contribution in [0.1, 0.15) is 5.56 Å². The molecule has 0 radical (unpaired) electrons. The van der Waals surface area contributed by atoms with Gasteiger partial charge in [0, 0.05) is 6.07 Å². The topological polar surface area (TPSA) is 82.6 Å². The molecular formula is C12H10ClFN4O2. The molecule has 2 aromatic rings. The first kappa shape index (κ1) is 14.0. The van der Waals surface area contributed by atoms with Gasteiger partial charge in [-0.15, -0.1) is 0 Å². The molecule has 8 heteroatoms. The molecule has 0 saturated heterocycles. The predicted molar refractivity (Wildman–Crippen MR) is 72.5 cm³/mol. The molecule has 0 bridgehead atoms. The maximum atomic E-state index is 13.1. The zero-order chi connectivity index (χ0) is 14.5. The maximum absolute atomic E-state index is 13.1. The number of nitrogen functional groups attached to an aromatic ring is 1. The van der Waals surface area contributed by atoms with E-state index in [0.717, 1.165) is 0 Å². The van der Waals surface area contributed by atoms with Crippen molar-refractivity contribution in [3.8, 4) is 11.6 Å². The molecule has 20 heavy (non-hydrogen) atoms. The number of hydrogen-bond acceptors (Lipinski definition) is 6. The van der Waals surface area contributed by atoms with Crippen molar-refractivity contribution in [1.82, 2.24) is 9.97 Å². The number of benzene rings is 1. The second-order valence-electron chi connectivity index (χ2n) is 3.57. The largest absolute Gasteiger partial charge is 0.438 e. The lowest BCUT2D eigenvalue weighted by Gasteiger charge is -2.08. The Labute approximate surface area is 119 Å². The van der Waals surface area contributed by atoms with Crippen LogP contribution in [-0.2, 0) is 4.84 Å². The zero-order valence-electron chi connectivity index (χ0n) is 10.4. The molecule has 2 rings (SSSR count). The lowest BCUT2D eigenvalue weighted by Crippen LogP contribution is -2.02. The van der Waals surface area contributed by atoms with E-state index in [1.54, 1.807) is 0 Å². The predicted octanol–water partition coefficient (Wildman–Crippen LogP) is 2.62. The maximum Gasteiger partial charge on any atom is 0.233 e. The van der Waals surface area contributed by atoms with E-state index in [-0.39, 0.29) is 16.7 Å². The number of rotatable bonds is 4. The van der Waals surface area contributed by atoms with Crippen molar-refractivity contribution in [3.63, 3.8) is 0 Å². The first-order valence-corrected chi connectivity index (χ1v) is 5.79. The molecule has 1 aromatic carbocycles. The summed E-state index contributed by atoms with van der Waals surface area (Å²) < 4.78 is 18.6. The van der Waals surface area contributed by atoms with Gasteiger partial charge in [0.15, 0.2) is 0 Å². The van der Waals surface area contributed by atoms with Crippen LogP contribution >= 0.6 is 11.6 Å².